The van der Waals surface area contributed by atoms with E-state index in [9.17, 15) is 18.3 Å². The lowest BCUT2D eigenvalue weighted by Crippen LogP contribution is -2.46. The van der Waals surface area contributed by atoms with Crippen LogP contribution >= 0.6 is 11.6 Å². The van der Waals surface area contributed by atoms with E-state index in [-0.39, 0.29) is 30.5 Å². The number of aliphatic carboxylic acids is 1. The Kier molecular flexibility index (Phi) is 3.92. The van der Waals surface area contributed by atoms with E-state index < -0.39 is 21.4 Å². The van der Waals surface area contributed by atoms with Gasteiger partial charge in [0, 0.05) is 24.7 Å². The minimum Gasteiger partial charge on any atom is -0.481 e. The van der Waals surface area contributed by atoms with Gasteiger partial charge >= 0.3 is 5.97 Å². The van der Waals surface area contributed by atoms with Crippen molar-refractivity contribution in [3.63, 3.8) is 0 Å². The minimum absolute atomic E-state index is 0.0552. The van der Waals surface area contributed by atoms with Gasteiger partial charge in [0.05, 0.1) is 11.5 Å². The Hall–Kier alpha value is -1.15. The number of hydrogen-bond donors (Lipinski definition) is 1. The molecule has 2 atom stereocenters. The number of rotatable bonds is 3. The Morgan fingerprint density at radius 3 is 2.64 bits per heavy atom. The number of nitrogens with zero attached hydrogens (tertiary/aromatic N) is 1. The highest BCUT2D eigenvalue weighted by molar-refractivity contribution is 7.89. The summed E-state index contributed by atoms with van der Waals surface area (Å²) in [6.07, 6.45) is 0.555. The second kappa shape index (κ2) is 5.49. The molecule has 120 valence electrons. The van der Waals surface area contributed by atoms with Crippen LogP contribution in [0.2, 0.25) is 5.02 Å². The van der Waals surface area contributed by atoms with Gasteiger partial charge in [0.15, 0.2) is 0 Å². The number of sulfonamides is 1. The number of fused-ring (bicyclic) bond motifs is 1. The number of carboxylic acids is 1. The molecule has 0 saturated carbocycles. The molecule has 6 nitrogen and oxygen atoms in total. The van der Waals surface area contributed by atoms with Crippen molar-refractivity contribution in [2.45, 2.75) is 11.3 Å². The Balaban J connectivity index is 1.93. The van der Waals surface area contributed by atoms with E-state index in [2.05, 4.69) is 0 Å². The molecule has 2 saturated heterocycles. The summed E-state index contributed by atoms with van der Waals surface area (Å²) in [7, 11) is -3.73. The Morgan fingerprint density at radius 2 is 2.05 bits per heavy atom. The SMILES string of the molecule is O=C(O)[C@]12COCC[C@H]1CN(S(=O)(=O)c1ccc(Cl)cc1)C2. The number of hydrogen-bond acceptors (Lipinski definition) is 4. The van der Waals surface area contributed by atoms with Gasteiger partial charge in [-0.25, -0.2) is 8.42 Å². The van der Waals surface area contributed by atoms with Crippen molar-refractivity contribution >= 4 is 27.6 Å². The average Bonchev–Trinajstić information content (AvgIpc) is 2.89. The van der Waals surface area contributed by atoms with Crippen LogP contribution in [0.4, 0.5) is 0 Å². The second-order valence-electron chi connectivity index (χ2n) is 5.75. The molecule has 1 aromatic carbocycles. The van der Waals surface area contributed by atoms with Crippen LogP contribution in [0.1, 0.15) is 6.42 Å². The standard InChI is InChI=1S/C14H16ClNO5S/c15-11-1-3-12(4-2-11)22(19,20)16-7-10-5-6-21-9-14(10,8-16)13(17)18/h1-4,10H,5-9H2,(H,17,18)/t10-,14+/m0/s1. The molecule has 0 aromatic heterocycles. The fraction of sp³-hybridized carbons (Fsp3) is 0.500. The number of carbonyl (C=O) groups is 1. The summed E-state index contributed by atoms with van der Waals surface area (Å²) < 4.78 is 32.0. The van der Waals surface area contributed by atoms with Gasteiger partial charge in [-0.1, -0.05) is 11.6 Å². The van der Waals surface area contributed by atoms with Crippen LogP contribution in [-0.2, 0) is 19.6 Å². The molecule has 0 spiro atoms. The summed E-state index contributed by atoms with van der Waals surface area (Å²) >= 11 is 5.78. The first-order valence-electron chi connectivity index (χ1n) is 6.93. The summed E-state index contributed by atoms with van der Waals surface area (Å²) in [5, 5.41) is 10.0. The molecular formula is C14H16ClNO5S. The fourth-order valence-electron chi connectivity index (χ4n) is 3.18. The molecule has 0 unspecified atom stereocenters. The third kappa shape index (κ3) is 2.42. The molecule has 0 amide bonds. The molecule has 22 heavy (non-hydrogen) atoms. The van der Waals surface area contributed by atoms with E-state index in [1.54, 1.807) is 0 Å². The Bertz CT molecular complexity index is 690. The second-order valence-corrected chi connectivity index (χ2v) is 8.13. The highest BCUT2D eigenvalue weighted by atomic mass is 35.5. The number of carboxylic acid groups (broad SMARTS) is 1. The first kappa shape index (κ1) is 15.7. The van der Waals surface area contributed by atoms with Crippen molar-refractivity contribution in [1.82, 2.24) is 4.31 Å². The van der Waals surface area contributed by atoms with Crippen LogP contribution in [0.5, 0.6) is 0 Å². The van der Waals surface area contributed by atoms with Crippen molar-refractivity contribution in [3.8, 4) is 0 Å². The van der Waals surface area contributed by atoms with Gasteiger partial charge in [-0.15, -0.1) is 0 Å². The third-order valence-electron chi connectivity index (χ3n) is 4.51. The van der Waals surface area contributed by atoms with Crippen LogP contribution in [-0.4, -0.2) is 50.1 Å². The largest absolute Gasteiger partial charge is 0.481 e. The van der Waals surface area contributed by atoms with Gasteiger partial charge in [0.25, 0.3) is 0 Å². The van der Waals surface area contributed by atoms with Crippen molar-refractivity contribution in [2.24, 2.45) is 11.3 Å². The number of benzene rings is 1. The molecule has 2 heterocycles. The normalized spacial score (nSPS) is 29.2. The van der Waals surface area contributed by atoms with E-state index >= 15 is 0 Å². The van der Waals surface area contributed by atoms with Crippen molar-refractivity contribution in [2.75, 3.05) is 26.3 Å². The Morgan fingerprint density at radius 1 is 1.36 bits per heavy atom. The van der Waals surface area contributed by atoms with Gasteiger partial charge in [0.2, 0.25) is 10.0 Å². The maximum Gasteiger partial charge on any atom is 0.313 e. The molecule has 1 N–H and O–H groups in total. The Labute approximate surface area is 133 Å². The van der Waals surface area contributed by atoms with Gasteiger partial charge in [-0.2, -0.15) is 4.31 Å². The molecule has 0 aliphatic carbocycles. The predicted octanol–water partition coefficient (Wildman–Crippen LogP) is 1.45. The molecule has 2 fully saturated rings. The highest BCUT2D eigenvalue weighted by Crippen LogP contribution is 2.43. The van der Waals surface area contributed by atoms with Crippen molar-refractivity contribution in [3.05, 3.63) is 29.3 Å². The summed E-state index contributed by atoms with van der Waals surface area (Å²) in [6, 6.07) is 5.88. The van der Waals surface area contributed by atoms with E-state index in [0.717, 1.165) is 0 Å². The molecule has 3 rings (SSSR count). The fourth-order valence-corrected chi connectivity index (χ4v) is 4.86. The maximum absolute atomic E-state index is 12.7. The predicted molar refractivity (Wildman–Crippen MR) is 79.2 cm³/mol. The summed E-state index contributed by atoms with van der Waals surface area (Å²) in [6.45, 7) is 0.673. The molecule has 2 aliphatic heterocycles. The summed E-state index contributed by atoms with van der Waals surface area (Å²) in [5.74, 6) is -1.22. The van der Waals surface area contributed by atoms with E-state index in [1.165, 1.54) is 28.6 Å². The van der Waals surface area contributed by atoms with Gasteiger partial charge in [0.1, 0.15) is 5.41 Å². The first-order valence-corrected chi connectivity index (χ1v) is 8.75. The topological polar surface area (TPSA) is 83.9 Å². The van der Waals surface area contributed by atoms with Gasteiger partial charge < -0.3 is 9.84 Å². The van der Waals surface area contributed by atoms with Crippen LogP contribution in [0.3, 0.4) is 0 Å². The van der Waals surface area contributed by atoms with Crippen molar-refractivity contribution < 1.29 is 23.1 Å². The first-order chi connectivity index (χ1) is 10.4. The van der Waals surface area contributed by atoms with Gasteiger partial charge in [-0.05, 0) is 36.6 Å². The van der Waals surface area contributed by atoms with E-state index in [4.69, 9.17) is 16.3 Å². The van der Waals surface area contributed by atoms with E-state index in [1.807, 2.05) is 0 Å². The smallest absolute Gasteiger partial charge is 0.313 e. The molecule has 0 radical (unpaired) electrons. The lowest BCUT2D eigenvalue weighted by atomic mass is 9.76. The molecule has 0 bridgehead atoms. The summed E-state index contributed by atoms with van der Waals surface area (Å²) in [5.41, 5.74) is -1.14. The molecular weight excluding hydrogens is 330 g/mol. The molecule has 1 aromatic rings. The zero-order chi connectivity index (χ0) is 16.0. The highest BCUT2D eigenvalue weighted by Gasteiger charge is 2.56. The van der Waals surface area contributed by atoms with Crippen LogP contribution in [0.25, 0.3) is 0 Å². The third-order valence-corrected chi connectivity index (χ3v) is 6.59. The number of halogens is 1. The lowest BCUT2D eigenvalue weighted by molar-refractivity contribution is -0.159. The zero-order valence-corrected chi connectivity index (χ0v) is 13.3. The zero-order valence-electron chi connectivity index (χ0n) is 11.7. The quantitative estimate of drug-likeness (QED) is 0.896. The lowest BCUT2D eigenvalue weighted by Gasteiger charge is -2.34. The van der Waals surface area contributed by atoms with Gasteiger partial charge in [-0.3, -0.25) is 4.79 Å². The van der Waals surface area contributed by atoms with E-state index in [0.29, 0.717) is 18.1 Å². The van der Waals surface area contributed by atoms with Crippen LogP contribution in [0.15, 0.2) is 29.2 Å². The van der Waals surface area contributed by atoms with Crippen LogP contribution in [0, 0.1) is 11.3 Å². The minimum atomic E-state index is -3.73. The van der Waals surface area contributed by atoms with Crippen LogP contribution < -0.4 is 0 Å². The molecule has 2 aliphatic rings. The average molecular weight is 346 g/mol. The molecule has 8 heteroatoms. The monoisotopic (exact) mass is 345 g/mol. The maximum atomic E-state index is 12.7. The number of ether oxygens (including phenoxy) is 1. The van der Waals surface area contributed by atoms with Crippen molar-refractivity contribution in [1.29, 1.82) is 0 Å². The summed E-state index contributed by atoms with van der Waals surface area (Å²) in [4.78, 5) is 11.8.